The van der Waals surface area contributed by atoms with Crippen molar-refractivity contribution in [3.05, 3.63) is 46.2 Å². The number of hydrazone groups is 1. The Morgan fingerprint density at radius 2 is 2.26 bits per heavy atom. The van der Waals surface area contributed by atoms with E-state index >= 15 is 0 Å². The van der Waals surface area contributed by atoms with Gasteiger partial charge in [-0.2, -0.15) is 5.10 Å². The third-order valence-corrected chi connectivity index (χ3v) is 4.53. The molecule has 0 amide bonds. The van der Waals surface area contributed by atoms with Crippen molar-refractivity contribution in [3.8, 4) is 0 Å². The van der Waals surface area contributed by atoms with Gasteiger partial charge >= 0.3 is 5.97 Å². The van der Waals surface area contributed by atoms with Crippen LogP contribution in [0.3, 0.4) is 0 Å². The third kappa shape index (κ3) is 7.07. The quantitative estimate of drug-likeness (QED) is 0.373. The molecule has 1 atom stereocenters. The number of anilines is 1. The number of nitrogens with one attached hydrogen (secondary N) is 1. The van der Waals surface area contributed by atoms with E-state index in [9.17, 15) is 9.18 Å². The topological polar surface area (TPSA) is 72.8 Å². The number of rotatable bonds is 10. The fourth-order valence-electron chi connectivity index (χ4n) is 2.07. The van der Waals surface area contributed by atoms with Gasteiger partial charge in [0.15, 0.2) is 0 Å². The van der Waals surface area contributed by atoms with Crippen LogP contribution < -0.4 is 5.43 Å². The van der Waals surface area contributed by atoms with Crippen LogP contribution in [0.4, 0.5) is 9.52 Å². The van der Waals surface area contributed by atoms with Crippen LogP contribution in [0, 0.1) is 5.82 Å². The first kappa shape index (κ1) is 21.0. The van der Waals surface area contributed by atoms with Crippen molar-refractivity contribution in [3.63, 3.8) is 0 Å². The smallest absolute Gasteiger partial charge is 0.311 e. The lowest BCUT2D eigenvalue weighted by Crippen LogP contribution is -2.07. The minimum absolute atomic E-state index is 0.0989. The van der Waals surface area contributed by atoms with E-state index in [-0.39, 0.29) is 30.9 Å². The van der Waals surface area contributed by atoms with Crippen molar-refractivity contribution in [2.45, 2.75) is 46.3 Å². The van der Waals surface area contributed by atoms with Gasteiger partial charge in [0.25, 0.3) is 0 Å². The molecular formula is C19H24FN3O3S. The largest absolute Gasteiger partial charge is 0.466 e. The monoisotopic (exact) mass is 393 g/mol. The second-order valence-electron chi connectivity index (χ2n) is 5.88. The molecule has 146 valence electrons. The molecule has 1 heterocycles. The van der Waals surface area contributed by atoms with Crippen LogP contribution in [-0.2, 0) is 27.3 Å². The van der Waals surface area contributed by atoms with Crippen molar-refractivity contribution < 1.29 is 18.7 Å². The van der Waals surface area contributed by atoms with Gasteiger partial charge in [0.05, 0.1) is 37.6 Å². The summed E-state index contributed by atoms with van der Waals surface area (Å²) in [6.07, 6.45) is 2.62. The van der Waals surface area contributed by atoms with Crippen molar-refractivity contribution >= 4 is 28.7 Å². The Morgan fingerprint density at radius 3 is 2.96 bits per heavy atom. The molecule has 0 bridgehead atoms. The zero-order valence-electron chi connectivity index (χ0n) is 15.7. The number of carbonyl (C=O) groups is 1. The predicted molar refractivity (Wildman–Crippen MR) is 105 cm³/mol. The van der Waals surface area contributed by atoms with Crippen LogP contribution in [0.15, 0.2) is 28.7 Å². The predicted octanol–water partition coefficient (Wildman–Crippen LogP) is 4.15. The van der Waals surface area contributed by atoms with Crippen LogP contribution in [-0.4, -0.2) is 29.9 Å². The Hall–Kier alpha value is -2.32. The molecule has 1 N–H and O–H groups in total. The lowest BCUT2D eigenvalue weighted by molar-refractivity contribution is -0.142. The summed E-state index contributed by atoms with van der Waals surface area (Å²) in [5.41, 5.74) is 4.53. The molecule has 0 saturated carbocycles. The zero-order chi connectivity index (χ0) is 19.6. The standard InChI is InChI=1S/C19H24FN3O3S/c1-4-13(3)26-11-15-7-6-14(8-17(15)20)10-21-23-19-22-16(12-27-19)9-18(24)25-5-2/h6-8,10,12-13H,4-5,9,11H2,1-3H3,(H,22,23). The molecule has 8 heteroatoms. The third-order valence-electron chi connectivity index (χ3n) is 3.73. The first-order chi connectivity index (χ1) is 13.0. The molecule has 1 unspecified atom stereocenters. The first-order valence-electron chi connectivity index (χ1n) is 8.80. The van der Waals surface area contributed by atoms with Gasteiger partial charge in [0, 0.05) is 10.9 Å². The van der Waals surface area contributed by atoms with Crippen molar-refractivity contribution in [1.29, 1.82) is 0 Å². The molecule has 0 spiro atoms. The van der Waals surface area contributed by atoms with Gasteiger partial charge in [-0.15, -0.1) is 11.3 Å². The molecule has 0 aliphatic carbocycles. The average molecular weight is 393 g/mol. The molecule has 2 aromatic rings. The normalized spacial score (nSPS) is 12.3. The van der Waals surface area contributed by atoms with Gasteiger partial charge < -0.3 is 9.47 Å². The van der Waals surface area contributed by atoms with E-state index in [4.69, 9.17) is 9.47 Å². The second kappa shape index (κ2) is 10.7. The summed E-state index contributed by atoms with van der Waals surface area (Å²) in [6.45, 7) is 6.34. The molecule has 0 aliphatic heterocycles. The number of hydrogen-bond acceptors (Lipinski definition) is 7. The molecule has 27 heavy (non-hydrogen) atoms. The van der Waals surface area contributed by atoms with Crippen LogP contribution in [0.1, 0.15) is 44.0 Å². The maximum absolute atomic E-state index is 14.1. The second-order valence-corrected chi connectivity index (χ2v) is 6.73. The summed E-state index contributed by atoms with van der Waals surface area (Å²) in [4.78, 5) is 15.7. The van der Waals surface area contributed by atoms with Gasteiger partial charge in [0.2, 0.25) is 5.13 Å². The Labute approximate surface area is 162 Å². The van der Waals surface area contributed by atoms with Gasteiger partial charge in [0.1, 0.15) is 5.82 Å². The van der Waals surface area contributed by atoms with Gasteiger partial charge in [-0.1, -0.05) is 19.1 Å². The maximum atomic E-state index is 14.1. The van der Waals surface area contributed by atoms with Gasteiger partial charge in [-0.05, 0) is 31.9 Å². The highest BCUT2D eigenvalue weighted by Gasteiger charge is 2.08. The fraction of sp³-hybridized carbons (Fsp3) is 0.421. The molecule has 6 nitrogen and oxygen atoms in total. The highest BCUT2D eigenvalue weighted by Crippen LogP contribution is 2.16. The van der Waals surface area contributed by atoms with E-state index in [1.54, 1.807) is 24.4 Å². The van der Waals surface area contributed by atoms with Crippen LogP contribution in [0.2, 0.25) is 0 Å². The number of esters is 1. The van der Waals surface area contributed by atoms with Crippen molar-refractivity contribution in [2.24, 2.45) is 5.10 Å². The lowest BCUT2D eigenvalue weighted by atomic mass is 10.1. The summed E-state index contributed by atoms with van der Waals surface area (Å²) < 4.78 is 24.6. The van der Waals surface area contributed by atoms with Crippen LogP contribution >= 0.6 is 11.3 Å². The number of thiazole rings is 1. The number of aromatic nitrogens is 1. The number of hydrogen-bond donors (Lipinski definition) is 1. The fourth-order valence-corrected chi connectivity index (χ4v) is 2.73. The Balaban J connectivity index is 1.88. The molecule has 1 aromatic heterocycles. The number of ether oxygens (including phenoxy) is 2. The minimum Gasteiger partial charge on any atom is -0.466 e. The molecule has 2 rings (SSSR count). The van der Waals surface area contributed by atoms with Crippen molar-refractivity contribution in [2.75, 3.05) is 12.0 Å². The number of nitrogens with zero attached hydrogens (tertiary/aromatic N) is 2. The number of benzene rings is 1. The highest BCUT2D eigenvalue weighted by atomic mass is 32.1. The van der Waals surface area contributed by atoms with Crippen LogP contribution in [0.5, 0.6) is 0 Å². The molecule has 0 radical (unpaired) electrons. The van der Waals surface area contributed by atoms with Crippen molar-refractivity contribution in [1.82, 2.24) is 4.98 Å². The van der Waals surface area contributed by atoms with E-state index < -0.39 is 0 Å². The summed E-state index contributed by atoms with van der Waals surface area (Å²) in [5, 5.41) is 6.37. The molecule has 0 fully saturated rings. The first-order valence-corrected chi connectivity index (χ1v) is 9.68. The lowest BCUT2D eigenvalue weighted by Gasteiger charge is -2.11. The Bertz CT molecular complexity index is 779. The molecule has 1 aromatic carbocycles. The highest BCUT2D eigenvalue weighted by molar-refractivity contribution is 7.13. The summed E-state index contributed by atoms with van der Waals surface area (Å²) >= 11 is 1.33. The number of carbonyl (C=O) groups excluding carboxylic acids is 1. The van der Waals surface area contributed by atoms with E-state index in [1.165, 1.54) is 23.6 Å². The van der Waals surface area contributed by atoms with Crippen LogP contribution in [0.25, 0.3) is 0 Å². The summed E-state index contributed by atoms with van der Waals surface area (Å²) in [6, 6.07) is 4.88. The van der Waals surface area contributed by atoms with Gasteiger partial charge in [-0.25, -0.2) is 9.37 Å². The van der Waals surface area contributed by atoms with Gasteiger partial charge in [-0.3, -0.25) is 10.2 Å². The SMILES string of the molecule is CCOC(=O)Cc1csc(NN=Cc2ccc(COC(C)CC)c(F)c2)n1. The number of halogens is 1. The summed E-state index contributed by atoms with van der Waals surface area (Å²) in [5.74, 6) is -0.640. The zero-order valence-corrected chi connectivity index (χ0v) is 16.5. The molecular weight excluding hydrogens is 369 g/mol. The Morgan fingerprint density at radius 1 is 1.44 bits per heavy atom. The molecule has 0 saturated heterocycles. The minimum atomic E-state index is -0.326. The van der Waals surface area contributed by atoms with E-state index in [2.05, 4.69) is 15.5 Å². The van der Waals surface area contributed by atoms with E-state index in [1.807, 2.05) is 13.8 Å². The Kier molecular flexibility index (Phi) is 8.35. The maximum Gasteiger partial charge on any atom is 0.311 e. The average Bonchev–Trinajstić information content (AvgIpc) is 3.08. The summed E-state index contributed by atoms with van der Waals surface area (Å²) in [7, 11) is 0. The molecule has 0 aliphatic rings. The van der Waals surface area contributed by atoms with E-state index in [0.29, 0.717) is 28.6 Å². The van der Waals surface area contributed by atoms with E-state index in [0.717, 1.165) is 6.42 Å².